The fourth-order valence-electron chi connectivity index (χ4n) is 4.16. The van der Waals surface area contributed by atoms with E-state index in [0.29, 0.717) is 54.6 Å². The van der Waals surface area contributed by atoms with E-state index in [0.717, 1.165) is 11.1 Å². The Bertz CT molecular complexity index is 1110. The summed E-state index contributed by atoms with van der Waals surface area (Å²) < 4.78 is 16.4. The number of benzene rings is 2. The number of carbonyl (C=O) groups is 1. The highest BCUT2D eigenvalue weighted by atomic mass is 16.5. The molecule has 168 valence electrons. The number of H-pyrrole nitrogens is 1. The van der Waals surface area contributed by atoms with Crippen molar-refractivity contribution in [2.24, 2.45) is 0 Å². The van der Waals surface area contributed by atoms with E-state index >= 15 is 0 Å². The van der Waals surface area contributed by atoms with Gasteiger partial charge in [-0.05, 0) is 43.2 Å². The molecule has 2 N–H and O–H groups in total. The van der Waals surface area contributed by atoms with Crippen molar-refractivity contribution >= 4 is 5.91 Å². The smallest absolute Gasteiger partial charge is 0.273 e. The number of carbonyl (C=O) groups excluding carboxylic acids is 1. The summed E-state index contributed by atoms with van der Waals surface area (Å²) in [5, 5.41) is 17.8. The first-order valence-corrected chi connectivity index (χ1v) is 10.6. The molecule has 0 aliphatic carbocycles. The molecule has 0 saturated heterocycles. The Balaban J connectivity index is 1.84. The number of hydrogen-bond donors (Lipinski definition) is 2. The second-order valence-electron chi connectivity index (χ2n) is 7.47. The second-order valence-corrected chi connectivity index (χ2v) is 7.47. The molecule has 2 aromatic carbocycles. The number of phenolic OH excluding ortho intramolecular Hbond substituents is 1. The van der Waals surface area contributed by atoms with Crippen LogP contribution in [-0.2, 0) is 4.74 Å². The van der Waals surface area contributed by atoms with Gasteiger partial charge in [-0.3, -0.25) is 9.89 Å². The van der Waals surface area contributed by atoms with E-state index in [9.17, 15) is 9.90 Å². The number of ether oxygens (including phenoxy) is 3. The summed E-state index contributed by atoms with van der Waals surface area (Å²) in [7, 11) is 3.23. The van der Waals surface area contributed by atoms with Crippen LogP contribution >= 0.6 is 0 Å². The molecule has 1 aliphatic heterocycles. The van der Waals surface area contributed by atoms with Gasteiger partial charge in [0.15, 0.2) is 11.5 Å². The number of fused-ring (bicyclic) bond motifs is 1. The molecule has 0 saturated carbocycles. The van der Waals surface area contributed by atoms with E-state index in [1.807, 2.05) is 31.2 Å². The van der Waals surface area contributed by atoms with Crippen LogP contribution < -0.4 is 9.47 Å². The minimum Gasteiger partial charge on any atom is -0.507 e. The van der Waals surface area contributed by atoms with Crippen LogP contribution in [0.3, 0.4) is 0 Å². The zero-order valence-electron chi connectivity index (χ0n) is 18.4. The van der Waals surface area contributed by atoms with Crippen LogP contribution in [0.5, 0.6) is 17.2 Å². The van der Waals surface area contributed by atoms with Gasteiger partial charge in [0, 0.05) is 31.4 Å². The Morgan fingerprint density at radius 3 is 2.69 bits per heavy atom. The number of nitrogens with zero attached hydrogens (tertiary/aromatic N) is 2. The predicted molar refractivity (Wildman–Crippen MR) is 119 cm³/mol. The van der Waals surface area contributed by atoms with Gasteiger partial charge in [-0.2, -0.15) is 5.10 Å². The van der Waals surface area contributed by atoms with Gasteiger partial charge in [-0.1, -0.05) is 18.2 Å². The molecule has 0 spiro atoms. The number of methoxy groups -OCH3 is 2. The van der Waals surface area contributed by atoms with Crippen molar-refractivity contribution in [1.82, 2.24) is 15.1 Å². The molecule has 8 heteroatoms. The summed E-state index contributed by atoms with van der Waals surface area (Å²) >= 11 is 0. The van der Waals surface area contributed by atoms with Crippen LogP contribution in [0.15, 0.2) is 42.5 Å². The Labute approximate surface area is 186 Å². The topological polar surface area (TPSA) is 96.9 Å². The zero-order valence-corrected chi connectivity index (χ0v) is 18.4. The molecule has 32 heavy (non-hydrogen) atoms. The van der Waals surface area contributed by atoms with E-state index in [4.69, 9.17) is 14.2 Å². The minimum absolute atomic E-state index is 0.107. The van der Waals surface area contributed by atoms with Crippen LogP contribution in [0.2, 0.25) is 0 Å². The Morgan fingerprint density at radius 2 is 1.97 bits per heavy atom. The Hall–Kier alpha value is -3.52. The molecule has 0 unspecified atom stereocenters. The van der Waals surface area contributed by atoms with Gasteiger partial charge in [-0.15, -0.1) is 0 Å². The van der Waals surface area contributed by atoms with Crippen molar-refractivity contribution in [3.05, 3.63) is 59.3 Å². The van der Waals surface area contributed by atoms with Crippen LogP contribution in [0.1, 0.15) is 41.0 Å². The Kier molecular flexibility index (Phi) is 6.32. The van der Waals surface area contributed by atoms with Crippen molar-refractivity contribution in [3.8, 4) is 28.5 Å². The number of nitrogens with one attached hydrogen (secondary N) is 1. The lowest BCUT2D eigenvalue weighted by atomic mass is 9.95. The molecule has 3 aromatic rings. The highest BCUT2D eigenvalue weighted by Gasteiger charge is 2.42. The van der Waals surface area contributed by atoms with Crippen molar-refractivity contribution < 1.29 is 24.1 Å². The molecule has 0 radical (unpaired) electrons. The van der Waals surface area contributed by atoms with Gasteiger partial charge in [0.05, 0.1) is 19.8 Å². The third-order valence-corrected chi connectivity index (χ3v) is 5.57. The molecular formula is C24H27N3O5. The molecule has 8 nitrogen and oxygen atoms in total. The number of aromatic nitrogens is 2. The number of aromatic hydroxyl groups is 1. The molecule has 0 bridgehead atoms. The third-order valence-electron chi connectivity index (χ3n) is 5.57. The van der Waals surface area contributed by atoms with Crippen LogP contribution in [0.25, 0.3) is 11.3 Å². The average molecular weight is 437 g/mol. The summed E-state index contributed by atoms with van der Waals surface area (Å²) in [5.74, 6) is 1.20. The zero-order chi connectivity index (χ0) is 22.7. The summed E-state index contributed by atoms with van der Waals surface area (Å²) in [6.45, 7) is 3.48. The van der Waals surface area contributed by atoms with Gasteiger partial charge >= 0.3 is 0 Å². The van der Waals surface area contributed by atoms with E-state index < -0.39 is 6.04 Å². The largest absolute Gasteiger partial charge is 0.507 e. The van der Waals surface area contributed by atoms with Crippen LogP contribution in [0, 0.1) is 0 Å². The first kappa shape index (κ1) is 21.7. The predicted octanol–water partition coefficient (Wildman–Crippen LogP) is 3.77. The number of aromatic amines is 1. The summed E-state index contributed by atoms with van der Waals surface area (Å²) in [4.78, 5) is 15.1. The fraction of sp³-hybridized carbons (Fsp3) is 0.333. The first-order chi connectivity index (χ1) is 15.6. The number of phenols is 1. The molecule has 1 aromatic heterocycles. The number of para-hydroxylation sites is 1. The Morgan fingerprint density at radius 1 is 1.16 bits per heavy atom. The standard InChI is InChI=1S/C24H27N3O5/c1-4-32-18-11-10-15(14-19(18)31-3)23-20-21(16-8-5-6-9-17(16)28)25-26-22(20)24(29)27(23)12-7-13-30-2/h5-6,8-11,14,23,28H,4,7,12-13H2,1-3H3,(H,25,26)/t23-/m1/s1. The van der Waals surface area contributed by atoms with Gasteiger partial charge in [0.1, 0.15) is 17.1 Å². The minimum atomic E-state index is -0.396. The lowest BCUT2D eigenvalue weighted by Gasteiger charge is -2.27. The van der Waals surface area contributed by atoms with E-state index in [1.165, 1.54) is 0 Å². The molecule has 2 heterocycles. The van der Waals surface area contributed by atoms with Crippen LogP contribution in [0.4, 0.5) is 0 Å². The molecule has 0 fully saturated rings. The van der Waals surface area contributed by atoms with Gasteiger partial charge in [0.25, 0.3) is 5.91 Å². The maximum absolute atomic E-state index is 13.3. The molecule has 1 amide bonds. The first-order valence-electron chi connectivity index (χ1n) is 10.6. The maximum Gasteiger partial charge on any atom is 0.273 e. The van der Waals surface area contributed by atoms with E-state index in [-0.39, 0.29) is 11.7 Å². The molecular weight excluding hydrogens is 410 g/mol. The SMILES string of the molecule is CCOc1ccc([C@@H]2c3c(-c4ccccc4O)n[nH]c3C(=O)N2CCCOC)cc1OC. The summed E-state index contributed by atoms with van der Waals surface area (Å²) in [6, 6.07) is 12.3. The number of rotatable bonds is 9. The normalized spacial score (nSPS) is 15.2. The van der Waals surface area contributed by atoms with Crippen molar-refractivity contribution in [3.63, 3.8) is 0 Å². The van der Waals surface area contributed by atoms with Crippen molar-refractivity contribution in [1.29, 1.82) is 0 Å². The maximum atomic E-state index is 13.3. The van der Waals surface area contributed by atoms with Crippen LogP contribution in [-0.4, -0.2) is 60.1 Å². The average Bonchev–Trinajstić information content (AvgIpc) is 3.34. The van der Waals surface area contributed by atoms with E-state index in [1.54, 1.807) is 37.3 Å². The van der Waals surface area contributed by atoms with Gasteiger partial charge in [0.2, 0.25) is 0 Å². The van der Waals surface area contributed by atoms with Gasteiger partial charge in [-0.25, -0.2) is 0 Å². The van der Waals surface area contributed by atoms with Crippen molar-refractivity contribution in [2.45, 2.75) is 19.4 Å². The van der Waals surface area contributed by atoms with Gasteiger partial charge < -0.3 is 24.2 Å². The van der Waals surface area contributed by atoms with E-state index in [2.05, 4.69) is 10.2 Å². The lowest BCUT2D eigenvalue weighted by Crippen LogP contribution is -2.31. The molecule has 1 aliphatic rings. The third kappa shape index (κ3) is 3.78. The monoisotopic (exact) mass is 437 g/mol. The summed E-state index contributed by atoms with van der Waals surface area (Å²) in [5.41, 5.74) is 3.16. The highest BCUT2D eigenvalue weighted by molar-refractivity contribution is 6.00. The summed E-state index contributed by atoms with van der Waals surface area (Å²) in [6.07, 6.45) is 0.691. The fourth-order valence-corrected chi connectivity index (χ4v) is 4.16. The highest BCUT2D eigenvalue weighted by Crippen LogP contribution is 2.45. The lowest BCUT2D eigenvalue weighted by molar-refractivity contribution is 0.0723. The second kappa shape index (κ2) is 9.32. The molecule has 1 atom stereocenters. The van der Waals surface area contributed by atoms with Crippen molar-refractivity contribution in [2.75, 3.05) is 34.0 Å². The quantitative estimate of drug-likeness (QED) is 0.495. The molecule has 4 rings (SSSR count). The number of amides is 1. The number of hydrogen-bond acceptors (Lipinski definition) is 6.